The summed E-state index contributed by atoms with van der Waals surface area (Å²) in [7, 11) is 0. The zero-order valence-electron chi connectivity index (χ0n) is 14.2. The molecule has 6 heteroatoms. The van der Waals surface area contributed by atoms with Gasteiger partial charge in [-0.3, -0.25) is 4.79 Å². The number of nitrogens with one attached hydrogen (secondary N) is 2. The highest BCUT2D eigenvalue weighted by Crippen LogP contribution is 2.18. The van der Waals surface area contributed by atoms with Gasteiger partial charge in [0.2, 0.25) is 5.91 Å². The van der Waals surface area contributed by atoms with Crippen molar-refractivity contribution in [2.75, 3.05) is 11.9 Å². The SMILES string of the molecule is CCN(Cc1cccs1)C(=O)NC(C)c1cccc(NC(C)=O)c1. The Balaban J connectivity index is 2.00. The van der Waals surface area contributed by atoms with Gasteiger partial charge in [0.25, 0.3) is 0 Å². The Morgan fingerprint density at radius 1 is 1.25 bits per heavy atom. The summed E-state index contributed by atoms with van der Waals surface area (Å²) in [5.41, 5.74) is 1.67. The second-order valence-corrected chi connectivity index (χ2v) is 6.60. The normalized spacial score (nSPS) is 11.6. The summed E-state index contributed by atoms with van der Waals surface area (Å²) in [5, 5.41) is 7.79. The van der Waals surface area contributed by atoms with Crippen molar-refractivity contribution in [1.82, 2.24) is 10.2 Å². The smallest absolute Gasteiger partial charge is 0.318 e. The van der Waals surface area contributed by atoms with E-state index in [1.165, 1.54) is 6.92 Å². The Morgan fingerprint density at radius 2 is 2.04 bits per heavy atom. The fourth-order valence-electron chi connectivity index (χ4n) is 2.37. The van der Waals surface area contributed by atoms with Gasteiger partial charge in [-0.25, -0.2) is 4.79 Å². The van der Waals surface area contributed by atoms with Crippen LogP contribution in [-0.4, -0.2) is 23.4 Å². The molecule has 3 amide bonds. The van der Waals surface area contributed by atoms with Gasteiger partial charge in [0.05, 0.1) is 12.6 Å². The third kappa shape index (κ3) is 5.09. The summed E-state index contributed by atoms with van der Waals surface area (Å²) in [5.74, 6) is -0.114. The van der Waals surface area contributed by atoms with Crippen molar-refractivity contribution >= 4 is 29.0 Å². The molecule has 2 aromatic rings. The molecule has 1 unspecified atom stereocenters. The van der Waals surface area contributed by atoms with Crippen LogP contribution in [0.25, 0.3) is 0 Å². The number of carbonyl (C=O) groups is 2. The maximum Gasteiger partial charge on any atom is 0.318 e. The van der Waals surface area contributed by atoms with Crippen LogP contribution in [0, 0.1) is 0 Å². The second-order valence-electron chi connectivity index (χ2n) is 5.57. The standard InChI is InChI=1S/C18H23N3O2S/c1-4-21(12-17-9-6-10-24-17)18(23)19-13(2)15-7-5-8-16(11-15)20-14(3)22/h5-11,13H,4,12H2,1-3H3,(H,19,23)(H,20,22). The van der Waals surface area contributed by atoms with Crippen molar-refractivity contribution in [3.63, 3.8) is 0 Å². The van der Waals surface area contributed by atoms with E-state index in [1.807, 2.05) is 55.6 Å². The Labute approximate surface area is 146 Å². The van der Waals surface area contributed by atoms with Gasteiger partial charge in [0, 0.05) is 24.0 Å². The van der Waals surface area contributed by atoms with Crippen LogP contribution in [0.3, 0.4) is 0 Å². The quantitative estimate of drug-likeness (QED) is 0.831. The minimum absolute atomic E-state index is 0.0941. The maximum absolute atomic E-state index is 12.5. The number of rotatable bonds is 6. The monoisotopic (exact) mass is 345 g/mol. The molecule has 1 aromatic carbocycles. The Kier molecular flexibility index (Phi) is 6.37. The minimum Gasteiger partial charge on any atom is -0.331 e. The van der Waals surface area contributed by atoms with Gasteiger partial charge < -0.3 is 15.5 Å². The second kappa shape index (κ2) is 8.49. The van der Waals surface area contributed by atoms with Gasteiger partial charge in [-0.1, -0.05) is 18.2 Å². The summed E-state index contributed by atoms with van der Waals surface area (Å²) in [6, 6.07) is 11.3. The molecule has 128 valence electrons. The van der Waals surface area contributed by atoms with E-state index >= 15 is 0 Å². The predicted octanol–water partition coefficient (Wildman–Crippen LogP) is 4.00. The molecule has 0 fully saturated rings. The number of carbonyl (C=O) groups excluding carboxylic acids is 2. The Bertz CT molecular complexity index is 685. The van der Waals surface area contributed by atoms with E-state index in [-0.39, 0.29) is 18.0 Å². The van der Waals surface area contributed by atoms with Gasteiger partial charge in [-0.05, 0) is 43.0 Å². The first-order valence-electron chi connectivity index (χ1n) is 7.95. The van der Waals surface area contributed by atoms with Gasteiger partial charge in [-0.2, -0.15) is 0 Å². The molecule has 24 heavy (non-hydrogen) atoms. The summed E-state index contributed by atoms with van der Waals surface area (Å²) in [6.45, 7) is 6.63. The molecule has 0 saturated heterocycles. The molecule has 2 rings (SSSR count). The number of hydrogen-bond acceptors (Lipinski definition) is 3. The summed E-state index contributed by atoms with van der Waals surface area (Å²) < 4.78 is 0. The lowest BCUT2D eigenvalue weighted by Crippen LogP contribution is -2.40. The average Bonchev–Trinajstić information content (AvgIpc) is 3.05. The Morgan fingerprint density at radius 3 is 2.67 bits per heavy atom. The third-order valence-electron chi connectivity index (χ3n) is 3.64. The van der Waals surface area contributed by atoms with Crippen LogP contribution in [0.1, 0.15) is 37.3 Å². The molecule has 0 aliphatic rings. The molecule has 5 nitrogen and oxygen atoms in total. The molecule has 1 aromatic heterocycles. The summed E-state index contributed by atoms with van der Waals surface area (Å²) >= 11 is 1.65. The highest BCUT2D eigenvalue weighted by molar-refractivity contribution is 7.09. The number of thiophene rings is 1. The number of anilines is 1. The van der Waals surface area contributed by atoms with E-state index in [9.17, 15) is 9.59 Å². The number of amides is 3. The van der Waals surface area contributed by atoms with Gasteiger partial charge in [0.15, 0.2) is 0 Å². The Hall–Kier alpha value is -2.34. The van der Waals surface area contributed by atoms with Crippen LogP contribution in [-0.2, 0) is 11.3 Å². The first-order valence-corrected chi connectivity index (χ1v) is 8.83. The number of urea groups is 1. The maximum atomic E-state index is 12.5. The molecule has 1 atom stereocenters. The lowest BCUT2D eigenvalue weighted by atomic mass is 10.1. The van der Waals surface area contributed by atoms with Gasteiger partial charge >= 0.3 is 6.03 Å². The zero-order valence-corrected chi connectivity index (χ0v) is 15.0. The number of hydrogen-bond donors (Lipinski definition) is 2. The highest BCUT2D eigenvalue weighted by atomic mass is 32.1. The average molecular weight is 345 g/mol. The summed E-state index contributed by atoms with van der Waals surface area (Å²) in [6.07, 6.45) is 0. The third-order valence-corrected chi connectivity index (χ3v) is 4.50. The van der Waals surface area contributed by atoms with Crippen LogP contribution in [0.5, 0.6) is 0 Å². The fraction of sp³-hybridized carbons (Fsp3) is 0.333. The molecule has 0 saturated carbocycles. The number of benzene rings is 1. The zero-order chi connectivity index (χ0) is 17.5. The van der Waals surface area contributed by atoms with E-state index in [0.29, 0.717) is 13.1 Å². The molecular formula is C18H23N3O2S. The molecule has 0 aliphatic carbocycles. The lowest BCUT2D eigenvalue weighted by Gasteiger charge is -2.24. The van der Waals surface area contributed by atoms with Crippen molar-refractivity contribution in [2.45, 2.75) is 33.4 Å². The first-order chi connectivity index (χ1) is 11.5. The molecular weight excluding hydrogens is 322 g/mol. The van der Waals surface area contributed by atoms with Gasteiger partial charge in [-0.15, -0.1) is 11.3 Å². The minimum atomic E-state index is -0.149. The van der Waals surface area contributed by atoms with E-state index in [4.69, 9.17) is 0 Å². The van der Waals surface area contributed by atoms with Crippen LogP contribution in [0.4, 0.5) is 10.5 Å². The predicted molar refractivity (Wildman–Crippen MR) is 98.1 cm³/mol. The molecule has 0 aliphatic heterocycles. The van der Waals surface area contributed by atoms with E-state index in [2.05, 4.69) is 10.6 Å². The molecule has 0 radical (unpaired) electrons. The molecule has 1 heterocycles. The van der Waals surface area contributed by atoms with E-state index in [0.717, 1.165) is 16.1 Å². The van der Waals surface area contributed by atoms with Crippen molar-refractivity contribution in [3.8, 4) is 0 Å². The highest BCUT2D eigenvalue weighted by Gasteiger charge is 2.16. The van der Waals surface area contributed by atoms with Gasteiger partial charge in [0.1, 0.15) is 0 Å². The van der Waals surface area contributed by atoms with Crippen molar-refractivity contribution in [2.24, 2.45) is 0 Å². The lowest BCUT2D eigenvalue weighted by molar-refractivity contribution is -0.114. The first kappa shape index (κ1) is 18.0. The van der Waals surface area contributed by atoms with Crippen LogP contribution < -0.4 is 10.6 Å². The van der Waals surface area contributed by atoms with Crippen LogP contribution >= 0.6 is 11.3 Å². The molecule has 0 spiro atoms. The number of nitrogens with zero attached hydrogens (tertiary/aromatic N) is 1. The van der Waals surface area contributed by atoms with Crippen molar-refractivity contribution in [3.05, 3.63) is 52.2 Å². The van der Waals surface area contributed by atoms with E-state index in [1.54, 1.807) is 16.2 Å². The van der Waals surface area contributed by atoms with Crippen molar-refractivity contribution < 1.29 is 9.59 Å². The topological polar surface area (TPSA) is 61.4 Å². The van der Waals surface area contributed by atoms with Crippen molar-refractivity contribution in [1.29, 1.82) is 0 Å². The summed E-state index contributed by atoms with van der Waals surface area (Å²) in [4.78, 5) is 26.6. The van der Waals surface area contributed by atoms with Crippen LogP contribution in [0.2, 0.25) is 0 Å². The van der Waals surface area contributed by atoms with Crippen LogP contribution in [0.15, 0.2) is 41.8 Å². The fourth-order valence-corrected chi connectivity index (χ4v) is 3.09. The molecule has 2 N–H and O–H groups in total. The van der Waals surface area contributed by atoms with E-state index < -0.39 is 0 Å². The molecule has 0 bridgehead atoms. The largest absolute Gasteiger partial charge is 0.331 e.